The van der Waals surface area contributed by atoms with Crippen LogP contribution in [0.4, 0.5) is 0 Å². The molecule has 1 atom stereocenters. The van der Waals surface area contributed by atoms with Crippen LogP contribution in [0.1, 0.15) is 49.9 Å². The molecule has 0 fully saturated rings. The van der Waals surface area contributed by atoms with Crippen molar-refractivity contribution < 1.29 is 9.53 Å². The molecule has 100 valence electrons. The Bertz CT molecular complexity index is 401. The maximum absolute atomic E-state index is 12.4. The van der Waals surface area contributed by atoms with Gasteiger partial charge < -0.3 is 4.74 Å². The minimum atomic E-state index is 0.0795. The fraction of sp³-hybridized carbons (Fsp3) is 0.533. The summed E-state index contributed by atoms with van der Waals surface area (Å²) in [6.07, 6.45) is 3.99. The van der Waals surface area contributed by atoms with E-state index in [-0.39, 0.29) is 11.7 Å². The summed E-state index contributed by atoms with van der Waals surface area (Å²) in [6.45, 7) is 4.19. The fourth-order valence-electron chi connectivity index (χ4n) is 2.01. The van der Waals surface area contributed by atoms with E-state index >= 15 is 0 Å². The number of halogens is 1. The van der Waals surface area contributed by atoms with E-state index in [2.05, 4.69) is 13.8 Å². The highest BCUT2D eigenvalue weighted by atomic mass is 35.5. The number of hydrogen-bond donors (Lipinski definition) is 0. The van der Waals surface area contributed by atoms with Gasteiger partial charge >= 0.3 is 0 Å². The molecule has 1 unspecified atom stereocenters. The average Bonchev–Trinajstić information content (AvgIpc) is 2.39. The summed E-state index contributed by atoms with van der Waals surface area (Å²) in [7, 11) is 1.59. The number of methoxy groups -OCH3 is 1. The smallest absolute Gasteiger partial charge is 0.167 e. The Morgan fingerprint density at radius 2 is 2.11 bits per heavy atom. The highest BCUT2D eigenvalue weighted by molar-refractivity contribution is 6.34. The van der Waals surface area contributed by atoms with E-state index in [1.54, 1.807) is 25.3 Å². The maximum atomic E-state index is 12.4. The third kappa shape index (κ3) is 3.74. The second kappa shape index (κ2) is 7.42. The molecular formula is C15H21ClO2. The van der Waals surface area contributed by atoms with Crippen LogP contribution in [-0.2, 0) is 0 Å². The van der Waals surface area contributed by atoms with Crippen molar-refractivity contribution in [1.82, 2.24) is 0 Å². The zero-order valence-electron chi connectivity index (χ0n) is 11.3. The zero-order valence-corrected chi connectivity index (χ0v) is 12.1. The zero-order chi connectivity index (χ0) is 13.5. The Hall–Kier alpha value is -1.02. The number of unbranched alkanes of at least 4 members (excludes halogenated alkanes) is 1. The van der Waals surface area contributed by atoms with Crippen molar-refractivity contribution >= 4 is 17.4 Å². The molecule has 0 aromatic heterocycles. The largest absolute Gasteiger partial charge is 0.497 e. The number of ether oxygens (including phenoxy) is 1. The van der Waals surface area contributed by atoms with Crippen LogP contribution in [-0.4, -0.2) is 12.9 Å². The van der Waals surface area contributed by atoms with Crippen molar-refractivity contribution in [2.45, 2.75) is 39.5 Å². The topological polar surface area (TPSA) is 26.3 Å². The van der Waals surface area contributed by atoms with Crippen LogP contribution < -0.4 is 4.74 Å². The molecule has 0 N–H and O–H groups in total. The van der Waals surface area contributed by atoms with Crippen molar-refractivity contribution in [3.05, 3.63) is 28.8 Å². The number of carbonyl (C=O) groups is 1. The maximum Gasteiger partial charge on any atom is 0.167 e. The lowest BCUT2D eigenvalue weighted by Crippen LogP contribution is -2.14. The highest BCUT2D eigenvalue weighted by Gasteiger charge is 2.20. The Morgan fingerprint density at radius 3 is 2.61 bits per heavy atom. The molecular weight excluding hydrogens is 248 g/mol. The van der Waals surface area contributed by atoms with Gasteiger partial charge in [0.15, 0.2) is 5.78 Å². The van der Waals surface area contributed by atoms with Gasteiger partial charge in [-0.2, -0.15) is 0 Å². The van der Waals surface area contributed by atoms with E-state index < -0.39 is 0 Å². The molecule has 0 saturated carbocycles. The van der Waals surface area contributed by atoms with Crippen LogP contribution in [0.3, 0.4) is 0 Å². The lowest BCUT2D eigenvalue weighted by atomic mass is 9.90. The van der Waals surface area contributed by atoms with Crippen molar-refractivity contribution in [3.8, 4) is 5.75 Å². The molecule has 1 aromatic carbocycles. The number of ketones is 1. The number of Topliss-reactive ketones (excluding diaryl/α,β-unsaturated/α-hetero) is 1. The SMILES string of the molecule is CCCCC(CC)C(=O)c1ccc(OC)cc1Cl. The third-order valence-electron chi connectivity index (χ3n) is 3.21. The lowest BCUT2D eigenvalue weighted by molar-refractivity contribution is 0.0908. The number of rotatable bonds is 7. The summed E-state index contributed by atoms with van der Waals surface area (Å²) < 4.78 is 5.09. The molecule has 0 bridgehead atoms. The number of carbonyl (C=O) groups excluding carboxylic acids is 1. The van der Waals surface area contributed by atoms with Crippen LogP contribution in [0.25, 0.3) is 0 Å². The van der Waals surface area contributed by atoms with E-state index in [0.29, 0.717) is 16.3 Å². The molecule has 0 saturated heterocycles. The second-order valence-electron chi connectivity index (χ2n) is 4.46. The van der Waals surface area contributed by atoms with E-state index in [0.717, 1.165) is 25.7 Å². The summed E-state index contributed by atoms with van der Waals surface area (Å²) in [4.78, 5) is 12.4. The summed E-state index contributed by atoms with van der Waals surface area (Å²) in [6, 6.07) is 5.24. The first-order valence-electron chi connectivity index (χ1n) is 6.51. The summed E-state index contributed by atoms with van der Waals surface area (Å²) in [5.74, 6) is 0.910. The first kappa shape index (κ1) is 15.0. The van der Waals surface area contributed by atoms with Crippen molar-refractivity contribution in [2.24, 2.45) is 5.92 Å². The molecule has 1 aromatic rings. The third-order valence-corrected chi connectivity index (χ3v) is 3.52. The molecule has 1 rings (SSSR count). The van der Waals surface area contributed by atoms with Gasteiger partial charge in [0.2, 0.25) is 0 Å². The molecule has 0 aliphatic rings. The Kier molecular flexibility index (Phi) is 6.20. The molecule has 3 heteroatoms. The lowest BCUT2D eigenvalue weighted by Gasteiger charge is -2.14. The molecule has 0 spiro atoms. The molecule has 0 heterocycles. The van der Waals surface area contributed by atoms with Gasteiger partial charge in [-0.05, 0) is 31.0 Å². The van der Waals surface area contributed by atoms with Gasteiger partial charge in [-0.25, -0.2) is 0 Å². The second-order valence-corrected chi connectivity index (χ2v) is 4.86. The van der Waals surface area contributed by atoms with E-state index in [9.17, 15) is 4.79 Å². The standard InChI is InChI=1S/C15H21ClO2/c1-4-6-7-11(5-2)15(17)13-9-8-12(18-3)10-14(13)16/h8-11H,4-7H2,1-3H3. The average molecular weight is 269 g/mol. The Balaban J connectivity index is 2.87. The predicted octanol–water partition coefficient (Wildman–Crippen LogP) is 4.75. The first-order valence-corrected chi connectivity index (χ1v) is 6.89. The van der Waals surface area contributed by atoms with E-state index in [1.807, 2.05) is 0 Å². The molecule has 18 heavy (non-hydrogen) atoms. The van der Waals surface area contributed by atoms with Gasteiger partial charge in [0.05, 0.1) is 12.1 Å². The summed E-state index contributed by atoms with van der Waals surface area (Å²) in [5, 5.41) is 0.481. The van der Waals surface area contributed by atoms with Crippen LogP contribution in [0.15, 0.2) is 18.2 Å². The van der Waals surface area contributed by atoms with Gasteiger partial charge in [0, 0.05) is 11.5 Å². The first-order chi connectivity index (χ1) is 8.63. The van der Waals surface area contributed by atoms with Gasteiger partial charge in [-0.15, -0.1) is 0 Å². The monoisotopic (exact) mass is 268 g/mol. The highest BCUT2D eigenvalue weighted by Crippen LogP contribution is 2.27. The minimum absolute atomic E-state index is 0.0795. The quantitative estimate of drug-likeness (QED) is 0.667. The van der Waals surface area contributed by atoms with Crippen molar-refractivity contribution in [1.29, 1.82) is 0 Å². The Morgan fingerprint density at radius 1 is 1.39 bits per heavy atom. The van der Waals surface area contributed by atoms with Gasteiger partial charge in [0.1, 0.15) is 5.75 Å². The van der Waals surface area contributed by atoms with Crippen molar-refractivity contribution in [2.75, 3.05) is 7.11 Å². The molecule has 0 radical (unpaired) electrons. The summed E-state index contributed by atoms with van der Waals surface area (Å²) >= 11 is 6.14. The summed E-state index contributed by atoms with van der Waals surface area (Å²) in [5.41, 5.74) is 0.611. The molecule has 0 aliphatic heterocycles. The Labute approximate surface area is 114 Å². The minimum Gasteiger partial charge on any atom is -0.497 e. The van der Waals surface area contributed by atoms with Crippen LogP contribution in [0.2, 0.25) is 5.02 Å². The van der Waals surface area contributed by atoms with E-state index in [1.165, 1.54) is 0 Å². The van der Waals surface area contributed by atoms with Crippen LogP contribution in [0.5, 0.6) is 5.75 Å². The van der Waals surface area contributed by atoms with Crippen LogP contribution in [0, 0.1) is 5.92 Å². The van der Waals surface area contributed by atoms with Gasteiger partial charge in [-0.1, -0.05) is 38.3 Å². The number of hydrogen-bond acceptors (Lipinski definition) is 2. The normalized spacial score (nSPS) is 12.2. The molecule has 2 nitrogen and oxygen atoms in total. The molecule has 0 aliphatic carbocycles. The fourth-order valence-corrected chi connectivity index (χ4v) is 2.28. The van der Waals surface area contributed by atoms with Gasteiger partial charge in [-0.3, -0.25) is 4.79 Å². The van der Waals surface area contributed by atoms with Crippen molar-refractivity contribution in [3.63, 3.8) is 0 Å². The predicted molar refractivity (Wildman–Crippen MR) is 75.6 cm³/mol. The van der Waals surface area contributed by atoms with Crippen LogP contribution >= 0.6 is 11.6 Å². The van der Waals surface area contributed by atoms with E-state index in [4.69, 9.17) is 16.3 Å². The molecule has 0 amide bonds. The number of benzene rings is 1. The van der Waals surface area contributed by atoms with Gasteiger partial charge in [0.25, 0.3) is 0 Å².